The molecule has 24 heavy (non-hydrogen) atoms. The fraction of sp³-hybridized carbons (Fsp3) is 0.182. The zero-order valence-electron chi connectivity index (χ0n) is 11.0. The van der Waals surface area contributed by atoms with Gasteiger partial charge in [0.2, 0.25) is 0 Å². The third kappa shape index (κ3) is 3.47. The second-order valence-corrected chi connectivity index (χ2v) is 6.56. The smallest absolute Gasteiger partial charge is 0.383 e. The molecule has 0 aliphatic heterocycles. The highest BCUT2D eigenvalue weighted by atomic mass is 35.5. The first-order chi connectivity index (χ1) is 10.8. The van der Waals surface area contributed by atoms with Gasteiger partial charge in [-0.15, -0.1) is 0 Å². The van der Waals surface area contributed by atoms with Gasteiger partial charge in [0.1, 0.15) is 10.7 Å². The molecule has 0 saturated carbocycles. The van der Waals surface area contributed by atoms with E-state index >= 15 is 0 Å². The summed E-state index contributed by atoms with van der Waals surface area (Å²) in [4.78, 5) is -0.838. The molecule has 0 aliphatic rings. The Balaban J connectivity index is 2.56. The summed E-state index contributed by atoms with van der Waals surface area (Å²) in [6.45, 7) is 0. The van der Waals surface area contributed by atoms with Gasteiger partial charge in [0.25, 0.3) is 0 Å². The SMILES string of the molecule is Nc1c(S(=O)C(F)(F)F)cnn1-c1cc(Cl)c(C(F)(F)F)c(Cl)c1. The molecule has 0 bridgehead atoms. The highest BCUT2D eigenvalue weighted by Crippen LogP contribution is 2.41. The minimum atomic E-state index is -5.07. The molecule has 132 valence electrons. The third-order valence-electron chi connectivity index (χ3n) is 2.74. The molecular formula is C11H5Cl2F6N3OS. The maximum absolute atomic E-state index is 12.8. The number of nitrogens with two attached hydrogens (primary N) is 1. The molecule has 0 spiro atoms. The number of hydrogen-bond donors (Lipinski definition) is 1. The van der Waals surface area contributed by atoms with E-state index in [0.717, 1.165) is 12.1 Å². The van der Waals surface area contributed by atoms with Crippen molar-refractivity contribution in [3.8, 4) is 5.69 Å². The van der Waals surface area contributed by atoms with Gasteiger partial charge in [-0.25, -0.2) is 8.89 Å². The lowest BCUT2D eigenvalue weighted by molar-refractivity contribution is -0.137. The Morgan fingerprint density at radius 1 is 1.08 bits per heavy atom. The summed E-state index contributed by atoms with van der Waals surface area (Å²) < 4.78 is 87.7. The average Bonchev–Trinajstić information content (AvgIpc) is 2.75. The van der Waals surface area contributed by atoms with Gasteiger partial charge in [-0.1, -0.05) is 23.2 Å². The Bertz CT molecular complexity index is 794. The van der Waals surface area contributed by atoms with Crippen LogP contribution in [-0.2, 0) is 17.0 Å². The predicted molar refractivity (Wildman–Crippen MR) is 75.5 cm³/mol. The number of nitrogen functional groups attached to an aromatic ring is 1. The van der Waals surface area contributed by atoms with Crippen LogP contribution in [0.1, 0.15) is 5.56 Å². The number of aromatic nitrogens is 2. The summed E-state index contributed by atoms with van der Waals surface area (Å²) in [6, 6.07) is 1.56. The first kappa shape index (κ1) is 18.9. The van der Waals surface area contributed by atoms with E-state index in [9.17, 15) is 30.6 Å². The molecule has 4 nitrogen and oxygen atoms in total. The highest BCUT2D eigenvalue weighted by molar-refractivity contribution is 7.86. The number of benzene rings is 1. The number of anilines is 1. The molecule has 1 atom stereocenters. The van der Waals surface area contributed by atoms with Crippen molar-refractivity contribution in [1.29, 1.82) is 0 Å². The number of hydrogen-bond acceptors (Lipinski definition) is 3. The van der Waals surface area contributed by atoms with Crippen molar-refractivity contribution in [2.75, 3.05) is 5.73 Å². The van der Waals surface area contributed by atoms with E-state index in [4.69, 9.17) is 28.9 Å². The van der Waals surface area contributed by atoms with Crippen LogP contribution in [0.5, 0.6) is 0 Å². The van der Waals surface area contributed by atoms with Crippen LogP contribution in [-0.4, -0.2) is 19.5 Å². The molecule has 0 aliphatic carbocycles. The van der Waals surface area contributed by atoms with Gasteiger partial charge in [-0.2, -0.15) is 31.4 Å². The summed E-state index contributed by atoms with van der Waals surface area (Å²) in [5.41, 5.74) is -1.14. The summed E-state index contributed by atoms with van der Waals surface area (Å²) in [5.74, 6) is -0.669. The minimum Gasteiger partial charge on any atom is -0.383 e. The first-order valence-corrected chi connectivity index (χ1v) is 7.63. The van der Waals surface area contributed by atoms with Crippen LogP contribution in [0.2, 0.25) is 10.0 Å². The molecule has 1 aromatic carbocycles. The van der Waals surface area contributed by atoms with E-state index in [0.29, 0.717) is 10.9 Å². The molecule has 13 heteroatoms. The van der Waals surface area contributed by atoms with Crippen molar-refractivity contribution < 1.29 is 30.6 Å². The fourth-order valence-electron chi connectivity index (χ4n) is 1.77. The molecule has 2 aromatic rings. The molecule has 2 N–H and O–H groups in total. The normalized spacial score (nSPS) is 14.0. The minimum absolute atomic E-state index is 0.221. The zero-order valence-corrected chi connectivity index (χ0v) is 13.4. The standard InChI is InChI=1S/C11H5Cl2F6N3OS/c12-5-1-4(2-6(13)8(5)10(14,15)16)22-9(20)7(3-21-22)24(23)11(17,18)19/h1-3H,20H2. The molecular weight excluding hydrogens is 407 g/mol. The predicted octanol–water partition coefficient (Wildman–Crippen LogP) is 4.41. The topological polar surface area (TPSA) is 60.9 Å². The molecule has 0 radical (unpaired) electrons. The number of rotatable bonds is 2. The van der Waals surface area contributed by atoms with Gasteiger partial charge in [0.15, 0.2) is 10.8 Å². The van der Waals surface area contributed by atoms with E-state index in [2.05, 4.69) is 5.10 Å². The largest absolute Gasteiger partial charge is 0.476 e. The second kappa shape index (κ2) is 6.12. The number of alkyl halides is 6. The maximum Gasteiger partial charge on any atom is 0.476 e. The second-order valence-electron chi connectivity index (χ2n) is 4.30. The van der Waals surface area contributed by atoms with Crippen LogP contribution < -0.4 is 5.73 Å². The maximum atomic E-state index is 12.8. The fourth-order valence-corrected chi connectivity index (χ4v) is 3.13. The summed E-state index contributed by atoms with van der Waals surface area (Å²) in [5, 5.41) is 1.91. The van der Waals surface area contributed by atoms with Gasteiger partial charge in [-0.05, 0) is 12.1 Å². The summed E-state index contributed by atoms with van der Waals surface area (Å²) in [6.07, 6.45) is -4.23. The summed E-state index contributed by atoms with van der Waals surface area (Å²) >= 11 is 11.1. The molecule has 1 heterocycles. The molecule has 2 rings (SSSR count). The Hall–Kier alpha value is -1.46. The Morgan fingerprint density at radius 3 is 2.00 bits per heavy atom. The van der Waals surface area contributed by atoms with Gasteiger partial charge < -0.3 is 5.73 Å². The van der Waals surface area contributed by atoms with E-state index < -0.39 is 48.8 Å². The lowest BCUT2D eigenvalue weighted by Gasteiger charge is -2.13. The quantitative estimate of drug-likeness (QED) is 0.744. The van der Waals surface area contributed by atoms with Crippen LogP contribution in [0.25, 0.3) is 5.69 Å². The lowest BCUT2D eigenvalue weighted by Crippen LogP contribution is -2.17. The van der Waals surface area contributed by atoms with Gasteiger partial charge >= 0.3 is 11.7 Å². The zero-order chi connectivity index (χ0) is 18.4. The van der Waals surface area contributed by atoms with Gasteiger partial charge in [-0.3, -0.25) is 0 Å². The highest BCUT2D eigenvalue weighted by Gasteiger charge is 2.40. The Morgan fingerprint density at radius 2 is 1.58 bits per heavy atom. The monoisotopic (exact) mass is 411 g/mol. The van der Waals surface area contributed by atoms with E-state index in [-0.39, 0.29) is 5.69 Å². The van der Waals surface area contributed by atoms with Crippen molar-refractivity contribution >= 4 is 39.8 Å². The Kier molecular flexibility index (Phi) is 4.81. The number of halogens is 8. The van der Waals surface area contributed by atoms with Crippen LogP contribution >= 0.6 is 23.2 Å². The molecule has 1 aromatic heterocycles. The average molecular weight is 412 g/mol. The van der Waals surface area contributed by atoms with Crippen LogP contribution in [0.15, 0.2) is 23.2 Å². The van der Waals surface area contributed by atoms with Gasteiger partial charge in [0.05, 0.1) is 27.5 Å². The van der Waals surface area contributed by atoms with Crippen molar-refractivity contribution in [3.05, 3.63) is 33.9 Å². The van der Waals surface area contributed by atoms with E-state index in [1.165, 1.54) is 0 Å². The molecule has 0 saturated heterocycles. The Labute approximate surface area is 142 Å². The van der Waals surface area contributed by atoms with Crippen LogP contribution in [0.3, 0.4) is 0 Å². The van der Waals surface area contributed by atoms with E-state index in [1.54, 1.807) is 0 Å². The van der Waals surface area contributed by atoms with E-state index in [1.807, 2.05) is 0 Å². The first-order valence-electron chi connectivity index (χ1n) is 5.72. The third-order valence-corrected chi connectivity index (χ3v) is 4.47. The number of nitrogens with zero attached hydrogens (tertiary/aromatic N) is 2. The molecule has 0 amide bonds. The lowest BCUT2D eigenvalue weighted by atomic mass is 10.2. The van der Waals surface area contributed by atoms with Crippen LogP contribution in [0.4, 0.5) is 32.2 Å². The van der Waals surface area contributed by atoms with Gasteiger partial charge in [0, 0.05) is 0 Å². The van der Waals surface area contributed by atoms with Crippen LogP contribution in [0, 0.1) is 0 Å². The van der Waals surface area contributed by atoms with Crippen molar-refractivity contribution in [2.45, 2.75) is 16.6 Å². The molecule has 0 fully saturated rings. The summed E-state index contributed by atoms with van der Waals surface area (Å²) in [7, 11) is -3.45. The van der Waals surface area contributed by atoms with Crippen molar-refractivity contribution in [1.82, 2.24) is 9.78 Å². The molecule has 1 unspecified atom stereocenters. The van der Waals surface area contributed by atoms with Crippen molar-refractivity contribution in [3.63, 3.8) is 0 Å². The van der Waals surface area contributed by atoms with Crippen molar-refractivity contribution in [2.24, 2.45) is 0 Å².